The van der Waals surface area contributed by atoms with Crippen LogP contribution in [0.4, 0.5) is 17.2 Å². The minimum Gasteiger partial charge on any atom is -0.340 e. The molecule has 0 atom stereocenters. The number of benzene rings is 2. The van der Waals surface area contributed by atoms with Gasteiger partial charge in [-0.3, -0.25) is 4.79 Å². The van der Waals surface area contributed by atoms with Gasteiger partial charge >= 0.3 is 0 Å². The molecule has 0 aliphatic carbocycles. The molecule has 1 amide bonds. The monoisotopic (exact) mass is 357 g/mol. The second kappa shape index (κ2) is 8.11. The van der Waals surface area contributed by atoms with E-state index in [0.29, 0.717) is 23.0 Å². The van der Waals surface area contributed by atoms with Crippen LogP contribution in [0, 0.1) is 11.3 Å². The summed E-state index contributed by atoms with van der Waals surface area (Å²) in [5.74, 6) is 0.625. The molecular formula is C21H19N5O. The van der Waals surface area contributed by atoms with Gasteiger partial charge in [0.25, 0.3) is 5.91 Å². The van der Waals surface area contributed by atoms with Crippen LogP contribution in [0.1, 0.15) is 41.4 Å². The summed E-state index contributed by atoms with van der Waals surface area (Å²) in [7, 11) is 0. The first-order chi connectivity index (χ1) is 13.0. The molecule has 6 heteroatoms. The maximum Gasteiger partial charge on any atom is 0.274 e. The van der Waals surface area contributed by atoms with E-state index in [4.69, 9.17) is 5.26 Å². The molecule has 3 aromatic rings. The third kappa shape index (κ3) is 4.67. The molecule has 0 radical (unpaired) electrons. The smallest absolute Gasteiger partial charge is 0.274 e. The molecule has 0 saturated carbocycles. The summed E-state index contributed by atoms with van der Waals surface area (Å²) in [6.07, 6.45) is 1.34. The van der Waals surface area contributed by atoms with Crippen LogP contribution in [-0.2, 0) is 0 Å². The Labute approximate surface area is 157 Å². The number of hydrogen-bond acceptors (Lipinski definition) is 5. The highest BCUT2D eigenvalue weighted by Gasteiger charge is 2.10. The normalized spacial score (nSPS) is 10.3. The Morgan fingerprint density at radius 1 is 1.00 bits per heavy atom. The summed E-state index contributed by atoms with van der Waals surface area (Å²) in [4.78, 5) is 20.6. The van der Waals surface area contributed by atoms with Crippen molar-refractivity contribution in [3.05, 3.63) is 77.7 Å². The average Bonchev–Trinajstić information content (AvgIpc) is 2.69. The molecule has 3 rings (SSSR count). The Morgan fingerprint density at radius 2 is 1.67 bits per heavy atom. The van der Waals surface area contributed by atoms with Gasteiger partial charge in [-0.05, 0) is 47.9 Å². The number of carbonyl (C=O) groups is 1. The summed E-state index contributed by atoms with van der Waals surface area (Å²) < 4.78 is 0. The third-order valence-corrected chi connectivity index (χ3v) is 4.02. The van der Waals surface area contributed by atoms with Crippen molar-refractivity contribution in [3.63, 3.8) is 0 Å². The fourth-order valence-corrected chi connectivity index (χ4v) is 2.47. The largest absolute Gasteiger partial charge is 0.340 e. The molecule has 6 nitrogen and oxygen atoms in total. The molecule has 27 heavy (non-hydrogen) atoms. The average molecular weight is 357 g/mol. The fourth-order valence-electron chi connectivity index (χ4n) is 2.47. The lowest BCUT2D eigenvalue weighted by molar-refractivity contribution is 0.102. The zero-order valence-electron chi connectivity index (χ0n) is 15.1. The van der Waals surface area contributed by atoms with E-state index in [-0.39, 0.29) is 11.6 Å². The summed E-state index contributed by atoms with van der Waals surface area (Å²) in [6, 6.07) is 18.4. The van der Waals surface area contributed by atoms with E-state index in [0.717, 1.165) is 5.69 Å². The molecule has 1 aromatic heterocycles. The molecule has 0 aliphatic rings. The molecule has 0 bridgehead atoms. The number of nitrogens with one attached hydrogen (secondary N) is 2. The van der Waals surface area contributed by atoms with E-state index in [1.165, 1.54) is 11.9 Å². The highest BCUT2D eigenvalue weighted by molar-refractivity contribution is 6.03. The van der Waals surface area contributed by atoms with E-state index >= 15 is 0 Å². The molecule has 2 aromatic carbocycles. The van der Waals surface area contributed by atoms with E-state index in [1.807, 2.05) is 24.3 Å². The molecule has 0 fully saturated rings. The summed E-state index contributed by atoms with van der Waals surface area (Å²) in [6.45, 7) is 4.24. The van der Waals surface area contributed by atoms with Gasteiger partial charge in [-0.1, -0.05) is 26.0 Å². The summed E-state index contributed by atoms with van der Waals surface area (Å²) >= 11 is 0. The van der Waals surface area contributed by atoms with Crippen molar-refractivity contribution in [1.29, 1.82) is 5.26 Å². The Hall–Kier alpha value is -3.72. The molecule has 2 N–H and O–H groups in total. The second-order valence-electron chi connectivity index (χ2n) is 6.33. The van der Waals surface area contributed by atoms with E-state index < -0.39 is 0 Å². The van der Waals surface area contributed by atoms with Crippen molar-refractivity contribution in [1.82, 2.24) is 9.97 Å². The van der Waals surface area contributed by atoms with Crippen molar-refractivity contribution in [2.75, 3.05) is 10.6 Å². The Balaban J connectivity index is 1.70. The van der Waals surface area contributed by atoms with Crippen LogP contribution in [0.5, 0.6) is 0 Å². The number of anilines is 3. The van der Waals surface area contributed by atoms with Crippen molar-refractivity contribution < 1.29 is 4.79 Å². The first kappa shape index (κ1) is 18.1. The molecule has 0 spiro atoms. The predicted octanol–water partition coefficient (Wildman–Crippen LogP) is 4.47. The number of nitrogens with zero attached hydrogens (tertiary/aromatic N) is 3. The van der Waals surface area contributed by atoms with Crippen molar-refractivity contribution in [2.24, 2.45) is 0 Å². The zero-order valence-corrected chi connectivity index (χ0v) is 15.1. The van der Waals surface area contributed by atoms with Gasteiger partial charge in [0.2, 0.25) is 0 Å². The lowest BCUT2D eigenvalue weighted by Crippen LogP contribution is -2.14. The van der Waals surface area contributed by atoms with Gasteiger partial charge in [-0.2, -0.15) is 5.26 Å². The van der Waals surface area contributed by atoms with Gasteiger partial charge in [-0.25, -0.2) is 9.97 Å². The summed E-state index contributed by atoms with van der Waals surface area (Å²) in [5, 5.41) is 14.8. The fraction of sp³-hybridized carbons (Fsp3) is 0.143. The predicted molar refractivity (Wildman–Crippen MR) is 105 cm³/mol. The number of amides is 1. The Morgan fingerprint density at radius 3 is 2.30 bits per heavy atom. The minimum absolute atomic E-state index is 0.258. The number of carbonyl (C=O) groups excluding carboxylic acids is 1. The highest BCUT2D eigenvalue weighted by atomic mass is 16.1. The van der Waals surface area contributed by atoms with Gasteiger partial charge in [-0.15, -0.1) is 0 Å². The zero-order chi connectivity index (χ0) is 19.2. The Kier molecular flexibility index (Phi) is 5.43. The molecule has 1 heterocycles. The van der Waals surface area contributed by atoms with Crippen LogP contribution >= 0.6 is 0 Å². The number of aromatic nitrogens is 2. The minimum atomic E-state index is -0.308. The SMILES string of the molecule is CC(C)c1ccc(NC(=O)c2cc(Nc3ccc(C#N)cc3)ncn2)cc1. The van der Waals surface area contributed by atoms with Gasteiger partial charge in [0, 0.05) is 17.4 Å². The summed E-state index contributed by atoms with van der Waals surface area (Å²) in [5.41, 5.74) is 3.53. The van der Waals surface area contributed by atoms with Crippen LogP contribution in [0.25, 0.3) is 0 Å². The van der Waals surface area contributed by atoms with Crippen LogP contribution in [-0.4, -0.2) is 15.9 Å². The van der Waals surface area contributed by atoms with Crippen LogP contribution in [0.3, 0.4) is 0 Å². The van der Waals surface area contributed by atoms with Crippen molar-refractivity contribution in [2.45, 2.75) is 19.8 Å². The highest BCUT2D eigenvalue weighted by Crippen LogP contribution is 2.18. The third-order valence-electron chi connectivity index (χ3n) is 4.02. The topological polar surface area (TPSA) is 90.7 Å². The molecular weight excluding hydrogens is 338 g/mol. The van der Waals surface area contributed by atoms with Crippen molar-refractivity contribution in [3.8, 4) is 6.07 Å². The quantitative estimate of drug-likeness (QED) is 0.703. The van der Waals surface area contributed by atoms with Crippen LogP contribution in [0.15, 0.2) is 60.9 Å². The number of nitriles is 1. The molecule has 0 unspecified atom stereocenters. The van der Waals surface area contributed by atoms with Gasteiger partial charge in [0.05, 0.1) is 11.6 Å². The van der Waals surface area contributed by atoms with Crippen LogP contribution in [0.2, 0.25) is 0 Å². The van der Waals surface area contributed by atoms with Gasteiger partial charge in [0.15, 0.2) is 0 Å². The number of rotatable bonds is 5. The first-order valence-corrected chi connectivity index (χ1v) is 8.55. The maximum atomic E-state index is 12.5. The lowest BCUT2D eigenvalue weighted by Gasteiger charge is -2.09. The van der Waals surface area contributed by atoms with E-state index in [1.54, 1.807) is 30.3 Å². The molecule has 0 saturated heterocycles. The first-order valence-electron chi connectivity index (χ1n) is 8.55. The van der Waals surface area contributed by atoms with E-state index in [9.17, 15) is 4.79 Å². The molecule has 134 valence electrons. The van der Waals surface area contributed by atoms with E-state index in [2.05, 4.69) is 40.5 Å². The standard InChI is InChI=1S/C21H19N5O/c1-14(2)16-5-9-18(10-6-16)26-21(27)19-11-20(24-13-23-19)25-17-7-3-15(12-22)4-8-17/h3-11,13-14H,1-2H3,(H,26,27)(H,23,24,25). The number of hydrogen-bond donors (Lipinski definition) is 2. The Bertz CT molecular complexity index is 973. The van der Waals surface area contributed by atoms with Gasteiger partial charge in [0.1, 0.15) is 17.8 Å². The van der Waals surface area contributed by atoms with Crippen molar-refractivity contribution >= 4 is 23.1 Å². The molecule has 0 aliphatic heterocycles. The second-order valence-corrected chi connectivity index (χ2v) is 6.33. The maximum absolute atomic E-state index is 12.5. The van der Waals surface area contributed by atoms with Crippen LogP contribution < -0.4 is 10.6 Å². The lowest BCUT2D eigenvalue weighted by atomic mass is 10.0. The van der Waals surface area contributed by atoms with Gasteiger partial charge < -0.3 is 10.6 Å².